The predicted octanol–water partition coefficient (Wildman–Crippen LogP) is -3.49. The zero-order chi connectivity index (χ0) is 26.7. The molecule has 0 aromatic rings. The van der Waals surface area contributed by atoms with Gasteiger partial charge in [-0.05, 0) is 32.9 Å². The van der Waals surface area contributed by atoms with Crippen LogP contribution in [0.4, 0.5) is 0 Å². The van der Waals surface area contributed by atoms with Crippen LogP contribution in [-0.4, -0.2) is 133 Å². The summed E-state index contributed by atoms with van der Waals surface area (Å²) in [6.07, 6.45) is -2.11. The first-order valence-corrected chi connectivity index (χ1v) is 12.8. The third-order valence-electron chi connectivity index (χ3n) is 7.31. The first-order valence-electron chi connectivity index (χ1n) is 12.8. The monoisotopic (exact) mass is 530 g/mol. The third kappa shape index (κ3) is 6.59. The van der Waals surface area contributed by atoms with Gasteiger partial charge in [0.25, 0.3) is 0 Å². The van der Waals surface area contributed by atoms with Crippen LogP contribution in [-0.2, 0) is 23.7 Å². The second kappa shape index (κ2) is 12.2. The lowest BCUT2D eigenvalue weighted by Gasteiger charge is -2.48. The Morgan fingerprint density at radius 2 is 1.73 bits per heavy atom. The van der Waals surface area contributed by atoms with E-state index in [9.17, 15) is 15.3 Å². The van der Waals surface area contributed by atoms with Crippen LogP contribution in [0.2, 0.25) is 0 Å². The van der Waals surface area contributed by atoms with Gasteiger partial charge in [0.1, 0.15) is 35.8 Å². The van der Waals surface area contributed by atoms with Crippen LogP contribution in [0, 0.1) is 0 Å². The first kappa shape index (κ1) is 28.6. The number of rotatable bonds is 7. The minimum atomic E-state index is -1.31. The minimum absolute atomic E-state index is 0.0797. The number of ether oxygens (including phenoxy) is 5. The van der Waals surface area contributed by atoms with Crippen molar-refractivity contribution in [1.29, 1.82) is 0 Å². The summed E-state index contributed by atoms with van der Waals surface area (Å²) in [6, 6.07) is -2.46. The van der Waals surface area contributed by atoms with Crippen molar-refractivity contribution < 1.29 is 39.0 Å². The quantitative estimate of drug-likeness (QED) is 0.159. The number of hydrogen-bond acceptors (Lipinski definition) is 14. The molecule has 0 spiro atoms. The Morgan fingerprint density at radius 1 is 1.08 bits per heavy atom. The Hall–Kier alpha value is -1.43. The third-order valence-corrected chi connectivity index (χ3v) is 7.31. The molecule has 1 saturated carbocycles. The van der Waals surface area contributed by atoms with Gasteiger partial charge in [0.05, 0.1) is 51.2 Å². The molecule has 0 unspecified atom stereocenters. The highest BCUT2D eigenvalue weighted by Gasteiger charge is 2.50. The van der Waals surface area contributed by atoms with Gasteiger partial charge in [0, 0.05) is 12.1 Å². The molecule has 3 heterocycles. The SMILES string of the molecule is CN[C@@H]1[C@@H](O)[C@@H](O[C@@H]2[C@@H](O)[C@H](O[C@H]3OC(/C=N/N4CCOCC4)=CC[C@H]3N)[C@@H](N)C[C@H]2N)OC[C@]1(C)O. The van der Waals surface area contributed by atoms with Gasteiger partial charge < -0.3 is 61.5 Å². The van der Waals surface area contributed by atoms with Gasteiger partial charge in [-0.25, -0.2) is 0 Å². The average Bonchev–Trinajstić information content (AvgIpc) is 2.86. The second-order valence-corrected chi connectivity index (χ2v) is 10.4. The molecule has 3 aliphatic heterocycles. The predicted molar refractivity (Wildman–Crippen MR) is 132 cm³/mol. The maximum atomic E-state index is 11.2. The molecule has 1 aliphatic carbocycles. The van der Waals surface area contributed by atoms with Crippen molar-refractivity contribution in [1.82, 2.24) is 10.3 Å². The van der Waals surface area contributed by atoms with Crippen LogP contribution in [0.1, 0.15) is 19.8 Å². The molecule has 3 fully saturated rings. The minimum Gasteiger partial charge on any atom is -0.462 e. The number of nitrogens with zero attached hydrogens (tertiary/aromatic N) is 2. The zero-order valence-electron chi connectivity index (χ0n) is 21.4. The van der Waals surface area contributed by atoms with Crippen molar-refractivity contribution in [3.63, 3.8) is 0 Å². The van der Waals surface area contributed by atoms with E-state index in [0.29, 0.717) is 38.5 Å². The summed E-state index contributed by atoms with van der Waals surface area (Å²) in [7, 11) is 1.62. The molecule has 2 saturated heterocycles. The normalized spacial score (nSPS) is 45.5. The molecule has 0 aromatic heterocycles. The standard InChI is InChI=1S/C23H42N6O8/c1-23(32)11-34-22(17(31)20(23)27-2)37-19-15(26)9-14(25)18(16(19)30)36-21-13(24)4-3-12(35-21)10-28-29-5-7-33-8-6-29/h3,10,13-22,27,30-32H,4-9,11,24-26H2,1-2H3/b28-10+/t13-,14+,15-,16+,17-,18-,19+,20-,21-,22-,23+/m1/s1. The smallest absolute Gasteiger partial charge is 0.215 e. The van der Waals surface area contributed by atoms with Gasteiger partial charge in [-0.1, -0.05) is 0 Å². The topological polar surface area (TPSA) is 213 Å². The Labute approximate surface area is 216 Å². The molecular formula is C23H42N6O8. The van der Waals surface area contributed by atoms with Gasteiger partial charge >= 0.3 is 0 Å². The van der Waals surface area contributed by atoms with Crippen molar-refractivity contribution in [2.75, 3.05) is 40.0 Å². The van der Waals surface area contributed by atoms with E-state index in [-0.39, 0.29) is 13.0 Å². The molecule has 14 heteroatoms. The lowest BCUT2D eigenvalue weighted by molar-refractivity contribution is -0.302. The molecule has 11 atom stereocenters. The largest absolute Gasteiger partial charge is 0.462 e. The fraction of sp³-hybridized carbons (Fsp3) is 0.870. The molecule has 4 rings (SSSR count). The number of aliphatic hydroxyl groups excluding tert-OH is 2. The van der Waals surface area contributed by atoms with Crippen LogP contribution >= 0.6 is 0 Å². The van der Waals surface area contributed by atoms with Crippen LogP contribution in [0.3, 0.4) is 0 Å². The number of hydrazone groups is 1. The summed E-state index contributed by atoms with van der Waals surface area (Å²) in [5, 5.41) is 41.6. The van der Waals surface area contributed by atoms with Crippen LogP contribution < -0.4 is 22.5 Å². The van der Waals surface area contributed by atoms with Crippen molar-refractivity contribution in [2.45, 2.75) is 86.5 Å². The van der Waals surface area contributed by atoms with Crippen molar-refractivity contribution in [3.05, 3.63) is 11.8 Å². The summed E-state index contributed by atoms with van der Waals surface area (Å²) in [6.45, 7) is 4.10. The highest BCUT2D eigenvalue weighted by molar-refractivity contribution is 5.75. The van der Waals surface area contributed by atoms with E-state index in [4.69, 9.17) is 40.9 Å². The number of nitrogens with two attached hydrogens (primary N) is 3. The summed E-state index contributed by atoms with van der Waals surface area (Å²) in [5.41, 5.74) is 17.5. The van der Waals surface area contributed by atoms with Crippen molar-refractivity contribution in [3.8, 4) is 0 Å². The fourth-order valence-corrected chi connectivity index (χ4v) is 5.17. The van der Waals surface area contributed by atoms with E-state index < -0.39 is 66.8 Å². The molecule has 0 amide bonds. The molecule has 0 aromatic carbocycles. The van der Waals surface area contributed by atoms with Crippen molar-refractivity contribution in [2.24, 2.45) is 22.3 Å². The van der Waals surface area contributed by atoms with E-state index >= 15 is 0 Å². The number of likely N-dealkylation sites (N-methyl/N-ethyl adjacent to an activating group) is 1. The molecule has 0 radical (unpaired) electrons. The summed E-state index contributed by atoms with van der Waals surface area (Å²) >= 11 is 0. The number of nitrogens with one attached hydrogen (secondary N) is 1. The molecule has 37 heavy (non-hydrogen) atoms. The first-order chi connectivity index (χ1) is 17.6. The number of allylic oxidation sites excluding steroid dienone is 1. The van der Waals surface area contributed by atoms with E-state index in [2.05, 4.69) is 10.4 Å². The van der Waals surface area contributed by atoms with E-state index in [1.807, 2.05) is 11.1 Å². The highest BCUT2D eigenvalue weighted by Crippen LogP contribution is 2.31. The van der Waals surface area contributed by atoms with Gasteiger partial charge in [0.2, 0.25) is 6.29 Å². The Morgan fingerprint density at radius 3 is 2.38 bits per heavy atom. The summed E-state index contributed by atoms with van der Waals surface area (Å²) in [4.78, 5) is 0. The summed E-state index contributed by atoms with van der Waals surface area (Å²) in [5.74, 6) is 0.505. The van der Waals surface area contributed by atoms with Gasteiger partial charge in [0.15, 0.2) is 6.29 Å². The second-order valence-electron chi connectivity index (χ2n) is 10.4. The molecule has 212 valence electrons. The van der Waals surface area contributed by atoms with E-state index in [1.54, 1.807) is 20.2 Å². The zero-order valence-corrected chi connectivity index (χ0v) is 21.4. The summed E-state index contributed by atoms with van der Waals surface area (Å²) < 4.78 is 28.9. The number of morpholine rings is 1. The van der Waals surface area contributed by atoms with Crippen molar-refractivity contribution >= 4 is 6.21 Å². The molecule has 10 N–H and O–H groups in total. The average molecular weight is 531 g/mol. The van der Waals surface area contributed by atoms with E-state index in [1.165, 1.54) is 0 Å². The van der Waals surface area contributed by atoms with Gasteiger partial charge in [-0.3, -0.25) is 5.01 Å². The fourth-order valence-electron chi connectivity index (χ4n) is 5.17. The maximum Gasteiger partial charge on any atom is 0.215 e. The van der Waals surface area contributed by atoms with Gasteiger partial charge in [-0.2, -0.15) is 5.10 Å². The van der Waals surface area contributed by atoms with Crippen LogP contribution in [0.5, 0.6) is 0 Å². The van der Waals surface area contributed by atoms with E-state index in [0.717, 1.165) is 0 Å². The maximum absolute atomic E-state index is 11.2. The molecule has 0 bridgehead atoms. The Kier molecular flexibility index (Phi) is 9.40. The molecule has 14 nitrogen and oxygen atoms in total. The lowest BCUT2D eigenvalue weighted by Crippen LogP contribution is -2.68. The lowest BCUT2D eigenvalue weighted by atomic mass is 9.84. The van der Waals surface area contributed by atoms with Crippen LogP contribution in [0.25, 0.3) is 0 Å². The number of aliphatic hydroxyl groups is 3. The highest BCUT2D eigenvalue weighted by atomic mass is 16.7. The number of hydrogen-bond donors (Lipinski definition) is 7. The Balaban J connectivity index is 1.39. The van der Waals surface area contributed by atoms with Gasteiger partial charge in [-0.15, -0.1) is 0 Å². The van der Waals surface area contributed by atoms with Crippen LogP contribution in [0.15, 0.2) is 16.9 Å². The Bertz CT molecular complexity index is 812. The molecule has 4 aliphatic rings. The molecular weight excluding hydrogens is 488 g/mol.